The van der Waals surface area contributed by atoms with Gasteiger partial charge in [-0.1, -0.05) is 26.3 Å². The highest BCUT2D eigenvalue weighted by atomic mass is 19.4. The van der Waals surface area contributed by atoms with Gasteiger partial charge in [-0.2, -0.15) is 13.2 Å². The van der Waals surface area contributed by atoms with Crippen LogP contribution in [-0.2, 0) is 6.18 Å². The van der Waals surface area contributed by atoms with E-state index in [4.69, 9.17) is 0 Å². The summed E-state index contributed by atoms with van der Waals surface area (Å²) in [5.74, 6) is 0.407. The fourth-order valence-electron chi connectivity index (χ4n) is 3.09. The lowest BCUT2D eigenvalue weighted by molar-refractivity contribution is -0.137. The lowest BCUT2D eigenvalue weighted by atomic mass is 9.99. The van der Waals surface area contributed by atoms with E-state index in [0.29, 0.717) is 11.6 Å². The molecule has 1 saturated heterocycles. The van der Waals surface area contributed by atoms with Crippen LogP contribution in [0.25, 0.3) is 0 Å². The van der Waals surface area contributed by atoms with Crippen molar-refractivity contribution in [2.24, 2.45) is 5.92 Å². The molecule has 2 atom stereocenters. The smallest absolute Gasteiger partial charge is 0.355 e. The third-order valence-electron chi connectivity index (χ3n) is 4.34. The predicted molar refractivity (Wildman–Crippen MR) is 79.3 cm³/mol. The van der Waals surface area contributed by atoms with Crippen LogP contribution in [0.2, 0.25) is 0 Å². The average molecular weight is 300 g/mol. The molecular formula is C16H23F3N2. The highest BCUT2D eigenvalue weighted by Crippen LogP contribution is 2.34. The molecule has 5 heteroatoms. The predicted octanol–water partition coefficient (Wildman–Crippen LogP) is 4.22. The topological polar surface area (TPSA) is 6.48 Å². The maximum atomic E-state index is 12.9. The average Bonchev–Trinajstić information content (AvgIpc) is 2.45. The zero-order chi connectivity index (χ0) is 15.6. The molecule has 2 unspecified atom stereocenters. The zero-order valence-corrected chi connectivity index (χ0v) is 12.8. The van der Waals surface area contributed by atoms with Crippen LogP contribution in [0.4, 0.5) is 18.9 Å². The molecular weight excluding hydrogens is 277 g/mol. The minimum atomic E-state index is -4.29. The van der Waals surface area contributed by atoms with Crippen molar-refractivity contribution in [1.29, 1.82) is 0 Å². The van der Waals surface area contributed by atoms with E-state index in [9.17, 15) is 13.2 Å². The van der Waals surface area contributed by atoms with E-state index in [-0.39, 0.29) is 6.17 Å². The van der Waals surface area contributed by atoms with Crippen LogP contribution < -0.4 is 4.90 Å². The minimum absolute atomic E-state index is 0.159. The van der Waals surface area contributed by atoms with Crippen molar-refractivity contribution in [2.45, 2.75) is 39.0 Å². The van der Waals surface area contributed by atoms with Gasteiger partial charge in [0.15, 0.2) is 0 Å². The fourth-order valence-corrected chi connectivity index (χ4v) is 3.09. The van der Waals surface area contributed by atoms with Gasteiger partial charge in [0.25, 0.3) is 0 Å². The summed E-state index contributed by atoms with van der Waals surface area (Å²) in [4.78, 5) is 4.37. The Bertz CT molecular complexity index is 469. The number of anilines is 1. The Morgan fingerprint density at radius 3 is 2.62 bits per heavy atom. The highest BCUT2D eigenvalue weighted by molar-refractivity contribution is 5.50. The van der Waals surface area contributed by atoms with Gasteiger partial charge in [0.1, 0.15) is 0 Å². The molecule has 1 aliphatic rings. The molecule has 0 aromatic heterocycles. The molecule has 0 bridgehead atoms. The number of rotatable bonds is 3. The van der Waals surface area contributed by atoms with Gasteiger partial charge in [-0.05, 0) is 37.6 Å². The van der Waals surface area contributed by atoms with Crippen molar-refractivity contribution in [2.75, 3.05) is 25.0 Å². The van der Waals surface area contributed by atoms with Crippen molar-refractivity contribution in [3.8, 4) is 0 Å². The Labute approximate surface area is 124 Å². The normalized spacial score (nSPS) is 22.4. The third-order valence-corrected chi connectivity index (χ3v) is 4.34. The molecule has 0 spiro atoms. The molecule has 118 valence electrons. The summed E-state index contributed by atoms with van der Waals surface area (Å²) in [5, 5.41) is 0. The van der Waals surface area contributed by atoms with E-state index < -0.39 is 11.7 Å². The SMILES string of the molecule is CCC(C)C1N(C)CCCN1c1cccc(C(F)(F)F)c1. The first-order valence-corrected chi connectivity index (χ1v) is 7.48. The van der Waals surface area contributed by atoms with Crippen molar-refractivity contribution in [3.05, 3.63) is 29.8 Å². The van der Waals surface area contributed by atoms with E-state index in [1.54, 1.807) is 6.07 Å². The fraction of sp³-hybridized carbons (Fsp3) is 0.625. The summed E-state index contributed by atoms with van der Waals surface area (Å²) in [6, 6.07) is 5.69. The quantitative estimate of drug-likeness (QED) is 0.824. The van der Waals surface area contributed by atoms with Gasteiger partial charge in [0.2, 0.25) is 0 Å². The summed E-state index contributed by atoms with van der Waals surface area (Å²) < 4.78 is 38.7. The lowest BCUT2D eigenvalue weighted by Gasteiger charge is -2.46. The number of hydrogen-bond acceptors (Lipinski definition) is 2. The van der Waals surface area contributed by atoms with Crippen molar-refractivity contribution < 1.29 is 13.2 Å². The van der Waals surface area contributed by atoms with Gasteiger partial charge in [0, 0.05) is 18.8 Å². The molecule has 2 nitrogen and oxygen atoms in total. The molecule has 0 amide bonds. The summed E-state index contributed by atoms with van der Waals surface area (Å²) in [6.45, 7) is 6.08. The monoisotopic (exact) mass is 300 g/mol. The van der Waals surface area contributed by atoms with Gasteiger partial charge in [-0.15, -0.1) is 0 Å². The van der Waals surface area contributed by atoms with Gasteiger partial charge in [-0.3, -0.25) is 4.90 Å². The summed E-state index contributed by atoms with van der Waals surface area (Å²) >= 11 is 0. The van der Waals surface area contributed by atoms with Crippen molar-refractivity contribution >= 4 is 5.69 Å². The molecule has 0 N–H and O–H groups in total. The Morgan fingerprint density at radius 2 is 2.00 bits per heavy atom. The Kier molecular flexibility index (Phi) is 4.81. The second kappa shape index (κ2) is 6.26. The maximum Gasteiger partial charge on any atom is 0.416 e. The van der Waals surface area contributed by atoms with E-state index in [2.05, 4.69) is 30.7 Å². The standard InChI is InChI=1S/C16H23F3N2/c1-4-12(2)15-20(3)9-6-10-21(15)14-8-5-7-13(11-14)16(17,18)19/h5,7-8,11-12,15H,4,6,9-10H2,1-3H3. The molecule has 1 aliphatic heterocycles. The van der Waals surface area contributed by atoms with Crippen LogP contribution >= 0.6 is 0 Å². The molecule has 2 rings (SSSR count). The summed E-state index contributed by atoms with van der Waals surface area (Å²) in [6.07, 6.45) is -2.15. The van der Waals surface area contributed by atoms with Crippen LogP contribution in [0, 0.1) is 5.92 Å². The van der Waals surface area contributed by atoms with Gasteiger partial charge in [-0.25, -0.2) is 0 Å². The highest BCUT2D eigenvalue weighted by Gasteiger charge is 2.34. The minimum Gasteiger partial charge on any atom is -0.355 e. The third kappa shape index (κ3) is 3.51. The van der Waals surface area contributed by atoms with E-state index in [0.717, 1.165) is 32.0 Å². The lowest BCUT2D eigenvalue weighted by Crippen LogP contribution is -2.55. The molecule has 1 aromatic carbocycles. The Morgan fingerprint density at radius 1 is 1.29 bits per heavy atom. The molecule has 1 fully saturated rings. The van der Waals surface area contributed by atoms with Crippen LogP contribution in [-0.4, -0.2) is 31.2 Å². The van der Waals surface area contributed by atoms with Gasteiger partial charge < -0.3 is 4.90 Å². The van der Waals surface area contributed by atoms with E-state index in [1.807, 2.05) is 0 Å². The summed E-state index contributed by atoms with van der Waals surface area (Å²) in [7, 11) is 2.05. The number of halogens is 3. The second-order valence-electron chi connectivity index (χ2n) is 5.87. The summed E-state index contributed by atoms with van der Waals surface area (Å²) in [5.41, 5.74) is 0.0952. The van der Waals surface area contributed by atoms with Crippen LogP contribution in [0.3, 0.4) is 0 Å². The molecule has 1 heterocycles. The molecule has 21 heavy (non-hydrogen) atoms. The van der Waals surface area contributed by atoms with Crippen molar-refractivity contribution in [3.63, 3.8) is 0 Å². The Hall–Kier alpha value is -1.23. The number of alkyl halides is 3. The molecule has 0 aliphatic carbocycles. The van der Waals surface area contributed by atoms with Gasteiger partial charge in [0.05, 0.1) is 11.7 Å². The molecule has 1 aromatic rings. The zero-order valence-electron chi connectivity index (χ0n) is 12.8. The maximum absolute atomic E-state index is 12.9. The Balaban J connectivity index is 2.34. The van der Waals surface area contributed by atoms with Crippen LogP contribution in [0.1, 0.15) is 32.3 Å². The van der Waals surface area contributed by atoms with Gasteiger partial charge >= 0.3 is 6.18 Å². The molecule has 0 radical (unpaired) electrons. The first-order valence-electron chi connectivity index (χ1n) is 7.48. The van der Waals surface area contributed by atoms with Crippen molar-refractivity contribution in [1.82, 2.24) is 4.90 Å². The number of benzene rings is 1. The van der Waals surface area contributed by atoms with Crippen LogP contribution in [0.15, 0.2) is 24.3 Å². The molecule has 0 saturated carbocycles. The first-order chi connectivity index (χ1) is 9.84. The largest absolute Gasteiger partial charge is 0.416 e. The first kappa shape index (κ1) is 16.1. The second-order valence-corrected chi connectivity index (χ2v) is 5.87. The van der Waals surface area contributed by atoms with E-state index in [1.165, 1.54) is 12.1 Å². The van der Waals surface area contributed by atoms with Crippen LogP contribution in [0.5, 0.6) is 0 Å². The number of nitrogens with zero attached hydrogens (tertiary/aromatic N) is 2. The number of hydrogen-bond donors (Lipinski definition) is 0. The van der Waals surface area contributed by atoms with E-state index >= 15 is 0 Å².